The van der Waals surface area contributed by atoms with Crippen LogP contribution in [-0.2, 0) is 20.1 Å². The molecule has 0 aliphatic heterocycles. The summed E-state index contributed by atoms with van der Waals surface area (Å²) in [5.41, 5.74) is 14.6. The summed E-state index contributed by atoms with van der Waals surface area (Å²) in [6, 6.07) is 8.35. The number of benzene rings is 1. The maximum Gasteiger partial charge on any atom is 0.221 e. The Hall–Kier alpha value is -2.60. The van der Waals surface area contributed by atoms with Gasteiger partial charge in [-0.3, -0.25) is 0 Å². The minimum atomic E-state index is 0.199. The highest BCUT2D eigenvalue weighted by Gasteiger charge is 2.06. The fourth-order valence-corrected chi connectivity index (χ4v) is 2.47. The van der Waals surface area contributed by atoms with Gasteiger partial charge in [-0.25, -0.2) is 4.98 Å². The Morgan fingerprint density at radius 2 is 1.90 bits per heavy atom. The summed E-state index contributed by atoms with van der Waals surface area (Å²) in [5, 5.41) is 4.63. The van der Waals surface area contributed by atoms with Crippen molar-refractivity contribution in [3.05, 3.63) is 47.8 Å². The predicted molar refractivity (Wildman–Crippen MR) is 84.3 cm³/mol. The smallest absolute Gasteiger partial charge is 0.221 e. The summed E-state index contributed by atoms with van der Waals surface area (Å²) in [7, 11) is 2.05. The van der Waals surface area contributed by atoms with Crippen molar-refractivity contribution in [1.82, 2.24) is 19.9 Å². The van der Waals surface area contributed by atoms with Crippen LogP contribution in [-0.4, -0.2) is 14.5 Å². The maximum atomic E-state index is 5.82. The third kappa shape index (κ3) is 2.66. The molecule has 0 amide bonds. The average Bonchev–Trinajstić information content (AvgIpc) is 2.79. The maximum absolute atomic E-state index is 5.82. The molecule has 0 radical (unpaired) electrons. The molecule has 1 aromatic carbocycles. The third-order valence-corrected chi connectivity index (χ3v) is 3.53. The van der Waals surface area contributed by atoms with E-state index in [0.29, 0.717) is 12.4 Å². The van der Waals surface area contributed by atoms with E-state index in [4.69, 9.17) is 11.5 Å². The second-order valence-electron chi connectivity index (χ2n) is 5.02. The molecule has 0 spiro atoms. The number of nitrogens with two attached hydrogens (primary N) is 2. The van der Waals surface area contributed by atoms with Crippen LogP contribution in [0.2, 0.25) is 0 Å². The summed E-state index contributed by atoms with van der Waals surface area (Å²) in [4.78, 5) is 7.92. The van der Waals surface area contributed by atoms with Crippen molar-refractivity contribution in [2.75, 3.05) is 11.5 Å². The van der Waals surface area contributed by atoms with Crippen molar-refractivity contribution in [2.24, 2.45) is 7.05 Å². The van der Waals surface area contributed by atoms with Crippen LogP contribution >= 0.6 is 0 Å². The Labute approximate surface area is 122 Å². The number of nitrogens with one attached hydrogen (secondary N) is 1. The van der Waals surface area contributed by atoms with Crippen LogP contribution in [0.4, 0.5) is 11.8 Å². The zero-order valence-corrected chi connectivity index (χ0v) is 11.9. The number of aryl methyl sites for hydroxylation is 1. The molecule has 0 saturated carbocycles. The molecule has 6 heteroatoms. The number of para-hydroxylation sites is 1. The van der Waals surface area contributed by atoms with Gasteiger partial charge in [-0.15, -0.1) is 0 Å². The molecule has 0 aliphatic rings. The van der Waals surface area contributed by atoms with E-state index in [0.717, 1.165) is 12.1 Å². The standard InChI is InChI=1S/C15H18N6/c1-21-9-11(12-4-2-3-5-13(12)21)7-18-6-10-8-19-15(17)20-14(10)16/h2-5,8-9,18H,6-7H2,1H3,(H4,16,17,19,20). The number of nitrogen functional groups attached to an aromatic ring is 2. The summed E-state index contributed by atoms with van der Waals surface area (Å²) >= 11 is 0. The molecule has 6 nitrogen and oxygen atoms in total. The number of aromatic nitrogens is 3. The number of anilines is 2. The highest BCUT2D eigenvalue weighted by Crippen LogP contribution is 2.20. The molecular weight excluding hydrogens is 264 g/mol. The van der Waals surface area contributed by atoms with Crippen LogP contribution in [0.15, 0.2) is 36.7 Å². The molecule has 3 rings (SSSR count). The zero-order valence-electron chi connectivity index (χ0n) is 11.9. The lowest BCUT2D eigenvalue weighted by Crippen LogP contribution is -2.15. The second-order valence-corrected chi connectivity index (χ2v) is 5.02. The number of nitrogens with zero attached hydrogens (tertiary/aromatic N) is 3. The van der Waals surface area contributed by atoms with E-state index in [1.807, 2.05) is 6.07 Å². The summed E-state index contributed by atoms with van der Waals surface area (Å²) < 4.78 is 2.13. The lowest BCUT2D eigenvalue weighted by Gasteiger charge is -2.06. The minimum Gasteiger partial charge on any atom is -0.383 e. The normalized spacial score (nSPS) is 11.1. The van der Waals surface area contributed by atoms with Crippen LogP contribution in [0, 0.1) is 0 Å². The van der Waals surface area contributed by atoms with Crippen LogP contribution in [0.25, 0.3) is 10.9 Å². The Morgan fingerprint density at radius 1 is 1.14 bits per heavy atom. The lowest BCUT2D eigenvalue weighted by molar-refractivity contribution is 0.692. The highest BCUT2D eigenvalue weighted by atomic mass is 15.0. The number of hydrogen-bond acceptors (Lipinski definition) is 5. The van der Waals surface area contributed by atoms with Crippen molar-refractivity contribution in [3.8, 4) is 0 Å². The van der Waals surface area contributed by atoms with E-state index in [-0.39, 0.29) is 5.95 Å². The van der Waals surface area contributed by atoms with Gasteiger partial charge in [0.15, 0.2) is 0 Å². The second kappa shape index (κ2) is 5.41. The Kier molecular flexibility index (Phi) is 3.45. The van der Waals surface area contributed by atoms with Gasteiger partial charge in [0.2, 0.25) is 5.95 Å². The summed E-state index contributed by atoms with van der Waals surface area (Å²) in [6.07, 6.45) is 3.80. The molecule has 0 fully saturated rings. The van der Waals surface area contributed by atoms with Crippen LogP contribution in [0.3, 0.4) is 0 Å². The van der Waals surface area contributed by atoms with Gasteiger partial charge in [-0.2, -0.15) is 4.98 Å². The SMILES string of the molecule is Cn1cc(CNCc2cnc(N)nc2N)c2ccccc21. The van der Waals surface area contributed by atoms with E-state index >= 15 is 0 Å². The zero-order chi connectivity index (χ0) is 14.8. The Bertz CT molecular complexity index is 777. The number of hydrogen-bond donors (Lipinski definition) is 3. The van der Waals surface area contributed by atoms with Crippen molar-refractivity contribution in [2.45, 2.75) is 13.1 Å². The van der Waals surface area contributed by atoms with E-state index in [1.165, 1.54) is 16.5 Å². The number of fused-ring (bicyclic) bond motifs is 1. The van der Waals surface area contributed by atoms with Crippen LogP contribution in [0.1, 0.15) is 11.1 Å². The third-order valence-electron chi connectivity index (χ3n) is 3.53. The van der Waals surface area contributed by atoms with Gasteiger partial charge in [0.25, 0.3) is 0 Å². The van der Waals surface area contributed by atoms with Gasteiger partial charge >= 0.3 is 0 Å². The highest BCUT2D eigenvalue weighted by molar-refractivity contribution is 5.83. The summed E-state index contributed by atoms with van der Waals surface area (Å²) in [6.45, 7) is 1.36. The Balaban J connectivity index is 1.72. The molecule has 2 aromatic heterocycles. The van der Waals surface area contributed by atoms with E-state index in [1.54, 1.807) is 6.20 Å². The van der Waals surface area contributed by atoms with Crippen molar-refractivity contribution >= 4 is 22.7 Å². The van der Waals surface area contributed by atoms with Crippen LogP contribution in [0.5, 0.6) is 0 Å². The van der Waals surface area contributed by atoms with Gasteiger partial charge < -0.3 is 21.4 Å². The molecular formula is C15H18N6. The molecule has 0 bridgehead atoms. The molecule has 108 valence electrons. The fourth-order valence-electron chi connectivity index (χ4n) is 2.47. The molecule has 21 heavy (non-hydrogen) atoms. The monoisotopic (exact) mass is 282 g/mol. The largest absolute Gasteiger partial charge is 0.383 e. The minimum absolute atomic E-state index is 0.199. The average molecular weight is 282 g/mol. The van der Waals surface area contributed by atoms with Crippen molar-refractivity contribution in [3.63, 3.8) is 0 Å². The first-order chi connectivity index (χ1) is 10.1. The predicted octanol–water partition coefficient (Wildman–Crippen LogP) is 1.42. The molecule has 3 aromatic rings. The van der Waals surface area contributed by atoms with Gasteiger partial charge in [0.05, 0.1) is 0 Å². The topological polar surface area (TPSA) is 94.8 Å². The quantitative estimate of drug-likeness (QED) is 0.672. The Morgan fingerprint density at radius 3 is 2.71 bits per heavy atom. The van der Waals surface area contributed by atoms with Gasteiger partial charge in [0, 0.05) is 49.0 Å². The molecule has 5 N–H and O–H groups in total. The van der Waals surface area contributed by atoms with E-state index in [2.05, 4.69) is 51.3 Å². The molecule has 0 saturated heterocycles. The van der Waals surface area contributed by atoms with Gasteiger partial charge in [-0.1, -0.05) is 18.2 Å². The molecule has 2 heterocycles. The lowest BCUT2D eigenvalue weighted by atomic mass is 10.2. The first-order valence-corrected chi connectivity index (χ1v) is 6.75. The van der Waals surface area contributed by atoms with E-state index < -0.39 is 0 Å². The first kappa shape index (κ1) is 13.4. The van der Waals surface area contributed by atoms with Gasteiger partial charge in [-0.05, 0) is 11.6 Å². The van der Waals surface area contributed by atoms with E-state index in [9.17, 15) is 0 Å². The van der Waals surface area contributed by atoms with Crippen molar-refractivity contribution in [1.29, 1.82) is 0 Å². The molecule has 0 aliphatic carbocycles. The van der Waals surface area contributed by atoms with Gasteiger partial charge in [0.1, 0.15) is 5.82 Å². The van der Waals surface area contributed by atoms with Crippen LogP contribution < -0.4 is 16.8 Å². The molecule has 0 atom stereocenters. The number of rotatable bonds is 4. The van der Waals surface area contributed by atoms with Crippen molar-refractivity contribution < 1.29 is 0 Å². The summed E-state index contributed by atoms with van der Waals surface area (Å²) in [5.74, 6) is 0.623. The fraction of sp³-hybridized carbons (Fsp3) is 0.200. The first-order valence-electron chi connectivity index (χ1n) is 6.75. The molecule has 0 unspecified atom stereocenters.